The fraction of sp³-hybridized carbons (Fsp3) is 0.276. The lowest BCUT2D eigenvalue weighted by molar-refractivity contribution is -0.119. The molecule has 0 saturated carbocycles. The van der Waals surface area contributed by atoms with Crippen LogP contribution in [0.3, 0.4) is 0 Å². The fourth-order valence-corrected chi connectivity index (χ4v) is 3.36. The predicted octanol–water partition coefficient (Wildman–Crippen LogP) is 7.09. The summed E-state index contributed by atoms with van der Waals surface area (Å²) in [5.74, 6) is 0.0823. The van der Waals surface area contributed by atoms with E-state index in [4.69, 9.17) is 5.73 Å². The van der Waals surface area contributed by atoms with Crippen LogP contribution in [0.25, 0.3) is 23.3 Å². The van der Waals surface area contributed by atoms with Crippen LogP contribution >= 0.6 is 0 Å². The van der Waals surface area contributed by atoms with Gasteiger partial charge in [-0.05, 0) is 59.7 Å². The second kappa shape index (κ2) is 10.4. The Labute approximate surface area is 192 Å². The Morgan fingerprint density at radius 2 is 1.34 bits per heavy atom. The molecule has 0 saturated heterocycles. The van der Waals surface area contributed by atoms with Crippen molar-refractivity contribution in [1.82, 2.24) is 0 Å². The standard InChI is InChI=1S/C29H34N2O/c1-5-21(3)28(32)31-27-19-15-25(16-20-27)24-13-9-22(10-14-24)7-8-23-11-17-26(18-12-23)29(4,30)6-2/h7-21H,5-6,30H2,1-4H3,(H,31,32)/b8-7+. The molecule has 0 aromatic heterocycles. The van der Waals surface area contributed by atoms with Gasteiger partial charge in [0, 0.05) is 17.1 Å². The average molecular weight is 427 g/mol. The largest absolute Gasteiger partial charge is 0.326 e. The second-order valence-corrected chi connectivity index (χ2v) is 8.72. The number of benzene rings is 3. The normalized spacial score (nSPS) is 14.2. The van der Waals surface area contributed by atoms with Crippen LogP contribution in [0.5, 0.6) is 0 Å². The lowest BCUT2D eigenvalue weighted by Crippen LogP contribution is -2.31. The van der Waals surface area contributed by atoms with Crippen LogP contribution in [0.1, 0.15) is 57.2 Å². The molecule has 0 aliphatic rings. The molecule has 2 unspecified atom stereocenters. The number of amides is 1. The molecule has 3 nitrogen and oxygen atoms in total. The minimum absolute atomic E-state index is 0.0189. The van der Waals surface area contributed by atoms with Crippen LogP contribution in [0.2, 0.25) is 0 Å². The van der Waals surface area contributed by atoms with Crippen molar-refractivity contribution >= 4 is 23.7 Å². The average Bonchev–Trinajstić information content (AvgIpc) is 2.83. The SMILES string of the molecule is CCC(C)C(=O)Nc1ccc(-c2ccc(/C=C/c3ccc(C(C)(N)CC)cc3)cc2)cc1. The maximum atomic E-state index is 12.1. The molecular formula is C29H34N2O. The van der Waals surface area contributed by atoms with Crippen molar-refractivity contribution in [3.05, 3.63) is 89.5 Å². The third kappa shape index (κ3) is 5.95. The van der Waals surface area contributed by atoms with E-state index in [2.05, 4.69) is 79.8 Å². The molecule has 0 aliphatic carbocycles. The Morgan fingerprint density at radius 1 is 0.875 bits per heavy atom. The van der Waals surface area contributed by atoms with Crippen LogP contribution in [0, 0.1) is 5.92 Å². The van der Waals surface area contributed by atoms with Crippen molar-refractivity contribution in [3.63, 3.8) is 0 Å². The van der Waals surface area contributed by atoms with E-state index >= 15 is 0 Å². The lowest BCUT2D eigenvalue weighted by atomic mass is 9.90. The quantitative estimate of drug-likeness (QED) is 0.378. The predicted molar refractivity (Wildman–Crippen MR) is 137 cm³/mol. The summed E-state index contributed by atoms with van der Waals surface area (Å²) in [6.07, 6.45) is 5.98. The first-order valence-corrected chi connectivity index (χ1v) is 11.4. The number of rotatable bonds is 8. The highest BCUT2D eigenvalue weighted by atomic mass is 16.1. The first-order chi connectivity index (χ1) is 15.3. The third-order valence-electron chi connectivity index (χ3n) is 6.23. The van der Waals surface area contributed by atoms with Crippen LogP contribution < -0.4 is 11.1 Å². The lowest BCUT2D eigenvalue weighted by Gasteiger charge is -2.23. The molecule has 2 atom stereocenters. The third-order valence-corrected chi connectivity index (χ3v) is 6.23. The Morgan fingerprint density at radius 3 is 1.81 bits per heavy atom. The number of hydrogen-bond acceptors (Lipinski definition) is 2. The molecule has 3 N–H and O–H groups in total. The van der Waals surface area contributed by atoms with Crippen LogP contribution in [-0.4, -0.2) is 5.91 Å². The molecule has 3 heteroatoms. The summed E-state index contributed by atoms with van der Waals surface area (Å²) in [5.41, 5.74) is 12.6. The van der Waals surface area contributed by atoms with Gasteiger partial charge in [-0.1, -0.05) is 93.6 Å². The molecule has 32 heavy (non-hydrogen) atoms. The molecule has 0 aliphatic heterocycles. The molecule has 0 spiro atoms. The van der Waals surface area contributed by atoms with Crippen molar-refractivity contribution in [2.45, 2.75) is 46.1 Å². The van der Waals surface area contributed by atoms with E-state index in [1.54, 1.807) is 0 Å². The monoisotopic (exact) mass is 426 g/mol. The molecule has 3 aromatic carbocycles. The van der Waals surface area contributed by atoms with Gasteiger partial charge in [-0.2, -0.15) is 0 Å². The van der Waals surface area contributed by atoms with Gasteiger partial charge in [-0.25, -0.2) is 0 Å². The summed E-state index contributed by atoms with van der Waals surface area (Å²) in [6.45, 7) is 8.13. The van der Waals surface area contributed by atoms with Crippen molar-refractivity contribution in [2.24, 2.45) is 11.7 Å². The van der Waals surface area contributed by atoms with Gasteiger partial charge < -0.3 is 11.1 Å². The Hall–Kier alpha value is -3.17. The number of carbonyl (C=O) groups excluding carboxylic acids is 1. The maximum Gasteiger partial charge on any atom is 0.227 e. The van der Waals surface area contributed by atoms with Gasteiger partial charge in [0.15, 0.2) is 0 Å². The minimum atomic E-state index is -0.282. The van der Waals surface area contributed by atoms with Crippen molar-refractivity contribution in [1.29, 1.82) is 0 Å². The summed E-state index contributed by atoms with van der Waals surface area (Å²) in [5, 5.41) is 2.97. The van der Waals surface area contributed by atoms with Crippen molar-refractivity contribution in [3.8, 4) is 11.1 Å². The van der Waals surface area contributed by atoms with Gasteiger partial charge in [0.05, 0.1) is 0 Å². The van der Waals surface area contributed by atoms with E-state index in [0.717, 1.165) is 46.3 Å². The van der Waals surface area contributed by atoms with Crippen molar-refractivity contribution < 1.29 is 4.79 Å². The topological polar surface area (TPSA) is 55.1 Å². The van der Waals surface area contributed by atoms with Gasteiger partial charge >= 0.3 is 0 Å². The van der Waals surface area contributed by atoms with E-state index in [1.165, 1.54) is 0 Å². The molecule has 3 rings (SSSR count). The zero-order valence-corrected chi connectivity index (χ0v) is 19.6. The molecule has 3 aromatic rings. The highest BCUT2D eigenvalue weighted by Crippen LogP contribution is 2.24. The number of carbonyl (C=O) groups is 1. The van der Waals surface area contributed by atoms with Gasteiger partial charge in [0.1, 0.15) is 0 Å². The number of anilines is 1. The van der Waals surface area contributed by atoms with Gasteiger partial charge in [0.2, 0.25) is 5.91 Å². The Kier molecular flexibility index (Phi) is 7.66. The maximum absolute atomic E-state index is 12.1. The molecule has 0 bridgehead atoms. The van der Waals surface area contributed by atoms with E-state index in [1.807, 2.05) is 38.1 Å². The summed E-state index contributed by atoms with van der Waals surface area (Å²) >= 11 is 0. The smallest absolute Gasteiger partial charge is 0.227 e. The summed E-state index contributed by atoms with van der Waals surface area (Å²) in [6, 6.07) is 24.9. The van der Waals surface area contributed by atoms with Crippen LogP contribution in [-0.2, 0) is 10.3 Å². The van der Waals surface area contributed by atoms with Gasteiger partial charge in [-0.3, -0.25) is 4.79 Å². The van der Waals surface area contributed by atoms with E-state index < -0.39 is 0 Å². The number of nitrogens with one attached hydrogen (secondary N) is 1. The molecular weight excluding hydrogens is 392 g/mol. The Bertz CT molecular complexity index is 1050. The van der Waals surface area contributed by atoms with Gasteiger partial charge in [-0.15, -0.1) is 0 Å². The minimum Gasteiger partial charge on any atom is -0.326 e. The highest BCUT2D eigenvalue weighted by molar-refractivity contribution is 5.92. The van der Waals surface area contributed by atoms with Crippen LogP contribution in [0.15, 0.2) is 72.8 Å². The summed E-state index contributed by atoms with van der Waals surface area (Å²) < 4.78 is 0. The van der Waals surface area contributed by atoms with Crippen molar-refractivity contribution in [2.75, 3.05) is 5.32 Å². The molecule has 166 valence electrons. The summed E-state index contributed by atoms with van der Waals surface area (Å²) in [7, 11) is 0. The zero-order chi connectivity index (χ0) is 23.1. The molecule has 1 amide bonds. The molecule has 0 fully saturated rings. The summed E-state index contributed by atoms with van der Waals surface area (Å²) in [4.78, 5) is 12.1. The molecule has 0 heterocycles. The zero-order valence-electron chi connectivity index (χ0n) is 19.6. The van der Waals surface area contributed by atoms with E-state index in [-0.39, 0.29) is 17.4 Å². The number of hydrogen-bond donors (Lipinski definition) is 2. The fourth-order valence-electron chi connectivity index (χ4n) is 3.36. The number of nitrogens with two attached hydrogens (primary N) is 1. The first kappa shape index (κ1) is 23.5. The molecule has 0 radical (unpaired) electrons. The van der Waals surface area contributed by atoms with Crippen LogP contribution in [0.4, 0.5) is 5.69 Å². The second-order valence-electron chi connectivity index (χ2n) is 8.72. The highest BCUT2D eigenvalue weighted by Gasteiger charge is 2.17. The van der Waals surface area contributed by atoms with E-state index in [9.17, 15) is 4.79 Å². The van der Waals surface area contributed by atoms with E-state index in [0.29, 0.717) is 0 Å². The van der Waals surface area contributed by atoms with Gasteiger partial charge in [0.25, 0.3) is 0 Å². The Balaban J connectivity index is 1.64. The first-order valence-electron chi connectivity index (χ1n) is 11.4.